The second-order valence-electron chi connectivity index (χ2n) is 16.9. The molecule has 19 heteroatoms. The molecular formula is C50H64N2O17. The standard InChI is InChI=1S/C50H64N2O17/c1-32(53)51-42-39(52-22-24-60-25-23-52)26-50(49(57)59-6,69-45(42)44(67-35(4)56)40(66-34(3)55)30-61-33(2)54)65-31-41-43(62-27-36-16-10-7-11-17-36)46(63-28-37-18-12-8-13-19-37)47(48(58-5)68-41)64-29-38-20-14-9-15-21-38/h7-21,39-48H,22-31H2,1-6H3,(H,51,53)/t39-,40+,41+,42+,43-,44+,45+,46-,47+,48-,50+/m0/s1. The average Bonchev–Trinajstić information content (AvgIpc) is 3.35. The molecule has 3 aromatic rings. The maximum atomic E-state index is 14.6. The number of ether oxygens (including phenoxy) is 12. The first-order valence-electron chi connectivity index (χ1n) is 22.9. The van der Waals surface area contributed by atoms with E-state index in [-0.39, 0.29) is 26.2 Å². The van der Waals surface area contributed by atoms with Gasteiger partial charge >= 0.3 is 23.9 Å². The Hall–Kier alpha value is -5.35. The molecule has 0 radical (unpaired) electrons. The molecule has 376 valence electrons. The Morgan fingerprint density at radius 3 is 1.74 bits per heavy atom. The molecule has 0 bridgehead atoms. The third kappa shape index (κ3) is 14.8. The minimum Gasteiger partial charge on any atom is -0.465 e. The number of methoxy groups -OCH3 is 2. The molecule has 6 rings (SSSR count). The molecule has 0 aliphatic carbocycles. The lowest BCUT2D eigenvalue weighted by Crippen LogP contribution is -2.72. The molecule has 69 heavy (non-hydrogen) atoms. The monoisotopic (exact) mass is 964 g/mol. The van der Waals surface area contributed by atoms with Crippen molar-refractivity contribution in [2.24, 2.45) is 0 Å². The average molecular weight is 965 g/mol. The number of esters is 4. The summed E-state index contributed by atoms with van der Waals surface area (Å²) in [6, 6.07) is 26.9. The molecule has 0 unspecified atom stereocenters. The summed E-state index contributed by atoms with van der Waals surface area (Å²) in [4.78, 5) is 67.4. The van der Waals surface area contributed by atoms with Crippen molar-refractivity contribution >= 4 is 29.8 Å². The Morgan fingerprint density at radius 2 is 1.25 bits per heavy atom. The molecule has 1 amide bonds. The lowest BCUT2D eigenvalue weighted by molar-refractivity contribution is -0.346. The topological polar surface area (TPSA) is 211 Å². The van der Waals surface area contributed by atoms with E-state index in [1.54, 1.807) is 0 Å². The van der Waals surface area contributed by atoms with E-state index in [9.17, 15) is 24.0 Å². The van der Waals surface area contributed by atoms with Gasteiger partial charge in [0.1, 0.15) is 37.1 Å². The number of carbonyl (C=O) groups is 5. The molecule has 1 N–H and O–H groups in total. The van der Waals surface area contributed by atoms with E-state index in [1.807, 2.05) is 95.9 Å². The van der Waals surface area contributed by atoms with Crippen LogP contribution in [-0.4, -0.2) is 155 Å². The number of carbonyl (C=O) groups excluding carboxylic acids is 5. The SMILES string of the molecule is COC(=O)[C@@]1(OC[C@H]2O[C@H](OC)[C@H](OCc3ccccc3)[C@@H](OCc3ccccc3)[C@H]2OCc2ccccc2)C[C@H](N2CCOCC2)[C@@H](NC(C)=O)[C@H]([C@H](OC(C)=O)[C@@H](COC(C)=O)OC(C)=O)O1. The van der Waals surface area contributed by atoms with Crippen LogP contribution >= 0.6 is 0 Å². The second kappa shape index (κ2) is 26.0. The zero-order valence-corrected chi connectivity index (χ0v) is 39.9. The predicted octanol–water partition coefficient (Wildman–Crippen LogP) is 3.42. The summed E-state index contributed by atoms with van der Waals surface area (Å²) in [5, 5.41) is 2.94. The summed E-state index contributed by atoms with van der Waals surface area (Å²) in [6.45, 7) is 5.47. The summed E-state index contributed by atoms with van der Waals surface area (Å²) in [5.41, 5.74) is 2.63. The highest BCUT2D eigenvalue weighted by molar-refractivity contribution is 5.78. The van der Waals surface area contributed by atoms with Crippen LogP contribution < -0.4 is 5.32 Å². The molecule has 3 fully saturated rings. The lowest BCUT2D eigenvalue weighted by Gasteiger charge is -2.52. The van der Waals surface area contributed by atoms with Gasteiger partial charge in [-0.15, -0.1) is 0 Å². The number of rotatable bonds is 22. The van der Waals surface area contributed by atoms with Gasteiger partial charge in [0.2, 0.25) is 5.91 Å². The van der Waals surface area contributed by atoms with Gasteiger partial charge in [0.05, 0.1) is 52.8 Å². The van der Waals surface area contributed by atoms with Crippen molar-refractivity contribution in [3.8, 4) is 0 Å². The minimum atomic E-state index is -2.34. The first-order chi connectivity index (χ1) is 33.3. The molecule has 3 aromatic carbocycles. The van der Waals surface area contributed by atoms with Crippen molar-refractivity contribution in [1.82, 2.24) is 10.2 Å². The Kier molecular flexibility index (Phi) is 20.0. The van der Waals surface area contributed by atoms with Gasteiger partial charge in [-0.3, -0.25) is 24.1 Å². The zero-order valence-electron chi connectivity index (χ0n) is 39.9. The fourth-order valence-electron chi connectivity index (χ4n) is 8.79. The summed E-state index contributed by atoms with van der Waals surface area (Å²) < 4.78 is 74.3. The number of amides is 1. The molecular weight excluding hydrogens is 901 g/mol. The molecule has 19 nitrogen and oxygen atoms in total. The normalized spacial score (nSPS) is 27.0. The molecule has 11 atom stereocenters. The smallest absolute Gasteiger partial charge is 0.366 e. The first-order valence-corrected chi connectivity index (χ1v) is 22.9. The predicted molar refractivity (Wildman–Crippen MR) is 242 cm³/mol. The summed E-state index contributed by atoms with van der Waals surface area (Å²) in [7, 11) is 2.64. The molecule has 0 aromatic heterocycles. The van der Waals surface area contributed by atoms with Gasteiger partial charge in [-0.2, -0.15) is 0 Å². The third-order valence-corrected chi connectivity index (χ3v) is 11.9. The van der Waals surface area contributed by atoms with Gasteiger partial charge in [-0.1, -0.05) is 91.0 Å². The highest BCUT2D eigenvalue weighted by Gasteiger charge is 2.60. The fraction of sp³-hybridized carbons (Fsp3) is 0.540. The Labute approximate surface area is 402 Å². The van der Waals surface area contributed by atoms with Crippen LogP contribution in [-0.2, 0) is 101 Å². The molecule has 3 saturated heterocycles. The van der Waals surface area contributed by atoms with Gasteiger partial charge in [0.15, 0.2) is 18.5 Å². The molecule has 3 aliphatic rings. The number of nitrogens with one attached hydrogen (secondary N) is 1. The van der Waals surface area contributed by atoms with Gasteiger partial charge in [-0.25, -0.2) is 4.79 Å². The van der Waals surface area contributed by atoms with Crippen LogP contribution in [0.25, 0.3) is 0 Å². The van der Waals surface area contributed by atoms with Crippen molar-refractivity contribution < 1.29 is 80.8 Å². The van der Waals surface area contributed by atoms with Crippen LogP contribution in [0.3, 0.4) is 0 Å². The Morgan fingerprint density at radius 1 is 0.710 bits per heavy atom. The largest absolute Gasteiger partial charge is 0.465 e. The fourth-order valence-corrected chi connectivity index (χ4v) is 8.79. The van der Waals surface area contributed by atoms with Crippen molar-refractivity contribution in [2.45, 2.75) is 121 Å². The highest BCUT2D eigenvalue weighted by atomic mass is 16.8. The lowest BCUT2D eigenvalue weighted by atomic mass is 9.85. The van der Waals surface area contributed by atoms with E-state index in [1.165, 1.54) is 14.0 Å². The second-order valence-corrected chi connectivity index (χ2v) is 16.9. The zero-order chi connectivity index (χ0) is 49.3. The van der Waals surface area contributed by atoms with Gasteiger partial charge in [-0.05, 0) is 16.7 Å². The van der Waals surface area contributed by atoms with E-state index < -0.39 is 110 Å². The van der Waals surface area contributed by atoms with Crippen LogP contribution in [0.15, 0.2) is 91.0 Å². The van der Waals surface area contributed by atoms with Crippen LogP contribution in [0.5, 0.6) is 0 Å². The first kappa shape index (κ1) is 53.0. The minimum absolute atomic E-state index is 0.113. The van der Waals surface area contributed by atoms with Crippen molar-refractivity contribution in [1.29, 1.82) is 0 Å². The number of nitrogens with zero attached hydrogens (tertiary/aromatic N) is 1. The van der Waals surface area contributed by atoms with Crippen molar-refractivity contribution in [2.75, 3.05) is 53.7 Å². The van der Waals surface area contributed by atoms with Crippen molar-refractivity contribution in [3.63, 3.8) is 0 Å². The van der Waals surface area contributed by atoms with Crippen LogP contribution in [0, 0.1) is 0 Å². The molecule has 3 heterocycles. The number of morpholine rings is 1. The van der Waals surface area contributed by atoms with E-state index in [0.29, 0.717) is 26.3 Å². The number of benzene rings is 3. The van der Waals surface area contributed by atoms with E-state index in [2.05, 4.69) is 5.32 Å². The summed E-state index contributed by atoms with van der Waals surface area (Å²) in [6.07, 6.45) is -9.68. The van der Waals surface area contributed by atoms with Gasteiger partial charge in [0, 0.05) is 60.4 Å². The molecule has 3 aliphatic heterocycles. The van der Waals surface area contributed by atoms with E-state index in [0.717, 1.165) is 44.6 Å². The Bertz CT molecular complexity index is 2090. The van der Waals surface area contributed by atoms with Crippen LogP contribution in [0.1, 0.15) is 50.8 Å². The van der Waals surface area contributed by atoms with Crippen LogP contribution in [0.2, 0.25) is 0 Å². The van der Waals surface area contributed by atoms with Gasteiger partial charge < -0.3 is 62.2 Å². The Balaban J connectivity index is 1.43. The summed E-state index contributed by atoms with van der Waals surface area (Å²) in [5.74, 6) is -6.19. The summed E-state index contributed by atoms with van der Waals surface area (Å²) >= 11 is 0. The van der Waals surface area contributed by atoms with Gasteiger partial charge in [0.25, 0.3) is 5.79 Å². The number of hydrogen-bond donors (Lipinski definition) is 1. The van der Waals surface area contributed by atoms with Crippen LogP contribution in [0.4, 0.5) is 0 Å². The third-order valence-electron chi connectivity index (χ3n) is 11.9. The molecule has 0 saturated carbocycles. The maximum absolute atomic E-state index is 14.6. The van der Waals surface area contributed by atoms with Crippen molar-refractivity contribution in [3.05, 3.63) is 108 Å². The van der Waals surface area contributed by atoms with E-state index in [4.69, 9.17) is 56.8 Å². The maximum Gasteiger partial charge on any atom is 0.366 e. The molecule has 0 spiro atoms. The van der Waals surface area contributed by atoms with E-state index >= 15 is 0 Å². The quantitative estimate of drug-likeness (QED) is 0.113. The highest BCUT2D eigenvalue weighted by Crippen LogP contribution is 2.40. The number of hydrogen-bond acceptors (Lipinski definition) is 18.